The Morgan fingerprint density at radius 2 is 2.17 bits per heavy atom. The Kier molecular flexibility index (Phi) is 5.80. The topological polar surface area (TPSA) is 102 Å². The second kappa shape index (κ2) is 8.51. The lowest BCUT2D eigenvalue weighted by molar-refractivity contribution is -0.169. The van der Waals surface area contributed by atoms with Crippen molar-refractivity contribution in [3.05, 3.63) is 41.8 Å². The fourth-order valence-corrected chi connectivity index (χ4v) is 3.70. The zero-order valence-corrected chi connectivity index (χ0v) is 17.5. The summed E-state index contributed by atoms with van der Waals surface area (Å²) in [5.74, 6) is 1.07. The Balaban J connectivity index is 1.49. The van der Waals surface area contributed by atoms with Crippen molar-refractivity contribution in [2.45, 2.75) is 57.2 Å². The van der Waals surface area contributed by atoms with Crippen LogP contribution in [0.5, 0.6) is 0 Å². The lowest BCUT2D eigenvalue weighted by atomic mass is 9.97. The molecule has 0 N–H and O–H groups in total. The second-order valence-electron chi connectivity index (χ2n) is 8.21. The fourth-order valence-electron chi connectivity index (χ4n) is 3.70. The second-order valence-corrected chi connectivity index (χ2v) is 8.21. The first-order valence-corrected chi connectivity index (χ1v) is 10.4. The zero-order chi connectivity index (χ0) is 21.3. The number of amides is 2. The van der Waals surface area contributed by atoms with Crippen LogP contribution in [0, 0.1) is 0 Å². The molecule has 1 aliphatic heterocycles. The first-order valence-electron chi connectivity index (χ1n) is 10.4. The molecule has 2 atom stereocenters. The molecule has 1 saturated heterocycles. The van der Waals surface area contributed by atoms with Gasteiger partial charge in [0, 0.05) is 44.4 Å². The van der Waals surface area contributed by atoms with Crippen LogP contribution in [0.15, 0.2) is 29.0 Å². The molecule has 3 heterocycles. The molecule has 160 valence electrons. The molecule has 2 aromatic rings. The van der Waals surface area contributed by atoms with Gasteiger partial charge in [-0.2, -0.15) is 4.98 Å². The van der Waals surface area contributed by atoms with Gasteiger partial charge < -0.3 is 19.1 Å². The molecule has 9 heteroatoms. The third-order valence-electron chi connectivity index (χ3n) is 5.50. The minimum atomic E-state index is -0.769. The van der Waals surface area contributed by atoms with Gasteiger partial charge in [0.25, 0.3) is 5.91 Å². The molecule has 0 spiro atoms. The van der Waals surface area contributed by atoms with Crippen molar-refractivity contribution in [2.75, 3.05) is 20.2 Å². The summed E-state index contributed by atoms with van der Waals surface area (Å²) in [5.41, 5.74) is 0.809. The number of likely N-dealkylation sites (N-methyl/N-ethyl adjacent to an activating group) is 1. The minimum absolute atomic E-state index is 0.0777. The molecule has 1 saturated carbocycles. The van der Waals surface area contributed by atoms with Gasteiger partial charge in [0.05, 0.1) is 6.04 Å². The van der Waals surface area contributed by atoms with Crippen LogP contribution >= 0.6 is 0 Å². The molecule has 2 aromatic heterocycles. The maximum atomic E-state index is 13.3. The predicted molar refractivity (Wildman–Crippen MR) is 106 cm³/mol. The molecule has 0 radical (unpaired) electrons. The number of hydrogen-bond donors (Lipinski definition) is 0. The third-order valence-corrected chi connectivity index (χ3v) is 5.50. The van der Waals surface area contributed by atoms with E-state index in [0.29, 0.717) is 24.7 Å². The van der Waals surface area contributed by atoms with Crippen LogP contribution in [0.3, 0.4) is 0 Å². The number of rotatable bonds is 7. The SMILES string of the molecule is CC(C)c1nc(CCN(C)C(=O)[C@H]2OCC(=O)N(C3CC3)[C@@H]2c2cccnc2)no1. The van der Waals surface area contributed by atoms with E-state index in [-0.39, 0.29) is 30.4 Å². The summed E-state index contributed by atoms with van der Waals surface area (Å²) in [4.78, 5) is 37.9. The Bertz CT molecular complexity index is 896. The maximum Gasteiger partial charge on any atom is 0.254 e. The van der Waals surface area contributed by atoms with Gasteiger partial charge in [-0.05, 0) is 24.5 Å². The summed E-state index contributed by atoms with van der Waals surface area (Å²) < 4.78 is 11.0. The number of pyridine rings is 1. The van der Waals surface area contributed by atoms with Crippen LogP contribution in [-0.4, -0.2) is 69.1 Å². The highest BCUT2D eigenvalue weighted by molar-refractivity contribution is 5.86. The van der Waals surface area contributed by atoms with Gasteiger partial charge in [-0.15, -0.1) is 0 Å². The van der Waals surface area contributed by atoms with Crippen molar-refractivity contribution in [3.63, 3.8) is 0 Å². The van der Waals surface area contributed by atoms with Crippen LogP contribution < -0.4 is 0 Å². The minimum Gasteiger partial charge on any atom is -0.356 e. The molecule has 2 fully saturated rings. The molecule has 9 nitrogen and oxygen atoms in total. The predicted octanol–water partition coefficient (Wildman–Crippen LogP) is 1.72. The van der Waals surface area contributed by atoms with E-state index < -0.39 is 12.1 Å². The average molecular weight is 413 g/mol. The lowest BCUT2D eigenvalue weighted by Gasteiger charge is -2.41. The first kappa shape index (κ1) is 20.5. The highest BCUT2D eigenvalue weighted by Gasteiger charge is 2.48. The van der Waals surface area contributed by atoms with Gasteiger partial charge in [-0.3, -0.25) is 14.6 Å². The van der Waals surface area contributed by atoms with E-state index in [2.05, 4.69) is 15.1 Å². The molecule has 2 aliphatic rings. The number of carbonyl (C=O) groups is 2. The number of ether oxygens (including phenoxy) is 1. The van der Waals surface area contributed by atoms with Gasteiger partial charge in [0.2, 0.25) is 11.8 Å². The van der Waals surface area contributed by atoms with Gasteiger partial charge in [0.1, 0.15) is 6.61 Å². The molecule has 0 bridgehead atoms. The summed E-state index contributed by atoms with van der Waals surface area (Å²) in [6.45, 7) is 4.31. The van der Waals surface area contributed by atoms with E-state index in [1.807, 2.05) is 30.9 Å². The quantitative estimate of drug-likeness (QED) is 0.681. The lowest BCUT2D eigenvalue weighted by Crippen LogP contribution is -2.55. The number of hydrogen-bond acceptors (Lipinski definition) is 7. The Labute approximate surface area is 175 Å². The summed E-state index contributed by atoms with van der Waals surface area (Å²) in [7, 11) is 1.73. The summed E-state index contributed by atoms with van der Waals surface area (Å²) in [5, 5.41) is 3.98. The van der Waals surface area contributed by atoms with Crippen LogP contribution in [0.2, 0.25) is 0 Å². The standard InChI is InChI=1S/C21H27N5O4/c1-13(2)20-23-16(24-30-20)8-10-25(3)21(28)19-18(14-5-4-9-22-11-14)26(15-6-7-15)17(27)12-29-19/h4-5,9,11,13,15,18-19H,6-8,10,12H2,1-3H3/t18-,19+/m1/s1. The van der Waals surface area contributed by atoms with Crippen LogP contribution in [0.4, 0.5) is 0 Å². The smallest absolute Gasteiger partial charge is 0.254 e. The highest BCUT2D eigenvalue weighted by atomic mass is 16.5. The van der Waals surface area contributed by atoms with Gasteiger partial charge >= 0.3 is 0 Å². The van der Waals surface area contributed by atoms with E-state index in [9.17, 15) is 9.59 Å². The third kappa shape index (κ3) is 4.21. The summed E-state index contributed by atoms with van der Waals surface area (Å²) in [6.07, 6.45) is 5.00. The van der Waals surface area contributed by atoms with E-state index in [4.69, 9.17) is 9.26 Å². The van der Waals surface area contributed by atoms with Gasteiger partial charge in [-0.25, -0.2) is 0 Å². The molecule has 30 heavy (non-hydrogen) atoms. The Hall–Kier alpha value is -2.81. The van der Waals surface area contributed by atoms with Crippen molar-refractivity contribution >= 4 is 11.8 Å². The molecular formula is C21H27N5O4. The molecule has 4 rings (SSSR count). The van der Waals surface area contributed by atoms with Crippen LogP contribution in [0.1, 0.15) is 55.9 Å². The van der Waals surface area contributed by atoms with E-state index in [1.165, 1.54) is 0 Å². The molecule has 0 unspecified atom stereocenters. The molecule has 2 amide bonds. The normalized spacial score (nSPS) is 21.9. The van der Waals surface area contributed by atoms with Crippen molar-refractivity contribution in [1.29, 1.82) is 0 Å². The van der Waals surface area contributed by atoms with Crippen LogP contribution in [-0.2, 0) is 20.7 Å². The Morgan fingerprint density at radius 3 is 2.80 bits per heavy atom. The van der Waals surface area contributed by atoms with E-state index in [1.54, 1.807) is 24.3 Å². The van der Waals surface area contributed by atoms with E-state index >= 15 is 0 Å². The number of carbonyl (C=O) groups excluding carboxylic acids is 2. The summed E-state index contributed by atoms with van der Waals surface area (Å²) >= 11 is 0. The maximum absolute atomic E-state index is 13.3. The van der Waals surface area contributed by atoms with Crippen molar-refractivity contribution < 1.29 is 18.8 Å². The largest absolute Gasteiger partial charge is 0.356 e. The summed E-state index contributed by atoms with van der Waals surface area (Å²) in [6, 6.07) is 3.40. The number of aromatic nitrogens is 3. The van der Waals surface area contributed by atoms with E-state index in [0.717, 1.165) is 18.4 Å². The van der Waals surface area contributed by atoms with Crippen LogP contribution in [0.25, 0.3) is 0 Å². The first-order chi connectivity index (χ1) is 14.5. The zero-order valence-electron chi connectivity index (χ0n) is 17.5. The van der Waals surface area contributed by atoms with Crippen molar-refractivity contribution in [2.24, 2.45) is 0 Å². The average Bonchev–Trinajstić information content (AvgIpc) is 3.47. The monoisotopic (exact) mass is 413 g/mol. The molecule has 0 aromatic carbocycles. The molecular weight excluding hydrogens is 386 g/mol. The fraction of sp³-hybridized carbons (Fsp3) is 0.571. The highest BCUT2D eigenvalue weighted by Crippen LogP contribution is 2.39. The van der Waals surface area contributed by atoms with Crippen molar-refractivity contribution in [1.82, 2.24) is 24.9 Å². The van der Waals surface area contributed by atoms with Gasteiger partial charge in [-0.1, -0.05) is 25.1 Å². The number of morpholine rings is 1. The van der Waals surface area contributed by atoms with Crippen molar-refractivity contribution in [3.8, 4) is 0 Å². The number of nitrogens with zero attached hydrogens (tertiary/aromatic N) is 5. The van der Waals surface area contributed by atoms with Gasteiger partial charge in [0.15, 0.2) is 11.9 Å². The Morgan fingerprint density at radius 1 is 1.37 bits per heavy atom. The molecule has 1 aliphatic carbocycles.